The van der Waals surface area contributed by atoms with Gasteiger partial charge in [-0.05, 0) is 37.3 Å². The molecule has 0 saturated heterocycles. The average molecular weight is 370 g/mol. The molecule has 0 aliphatic heterocycles. The smallest absolute Gasteiger partial charge is 0.240 e. The summed E-state index contributed by atoms with van der Waals surface area (Å²) in [7, 11) is -3.68. The molecule has 0 radical (unpaired) electrons. The van der Waals surface area contributed by atoms with Crippen molar-refractivity contribution in [1.82, 2.24) is 19.5 Å². The number of carbonyl (C=O) groups excluding carboxylic acids is 1. The molecule has 0 unspecified atom stereocenters. The number of benzene rings is 1. The summed E-state index contributed by atoms with van der Waals surface area (Å²) in [6.45, 7) is 1.97. The van der Waals surface area contributed by atoms with Gasteiger partial charge in [0.1, 0.15) is 0 Å². The van der Waals surface area contributed by atoms with Crippen LogP contribution in [0.2, 0.25) is 0 Å². The highest BCUT2D eigenvalue weighted by atomic mass is 32.2. The van der Waals surface area contributed by atoms with E-state index in [-0.39, 0.29) is 17.2 Å². The molecule has 0 bridgehead atoms. The Balaban J connectivity index is 1.63. The average Bonchev–Trinajstić information content (AvgIpc) is 3.11. The van der Waals surface area contributed by atoms with Gasteiger partial charge in [0.25, 0.3) is 0 Å². The van der Waals surface area contributed by atoms with Crippen LogP contribution < -0.4 is 4.72 Å². The largest absolute Gasteiger partial charge is 0.295 e. The van der Waals surface area contributed by atoms with E-state index in [4.69, 9.17) is 0 Å². The number of carbonyl (C=O) groups is 1. The van der Waals surface area contributed by atoms with Crippen LogP contribution in [0.15, 0.2) is 66.0 Å². The molecule has 0 aliphatic rings. The summed E-state index contributed by atoms with van der Waals surface area (Å²) in [5, 5.41) is 4.42. The maximum Gasteiger partial charge on any atom is 0.240 e. The van der Waals surface area contributed by atoms with Gasteiger partial charge in [0.2, 0.25) is 10.0 Å². The fourth-order valence-corrected chi connectivity index (χ4v) is 3.49. The third-order valence-electron chi connectivity index (χ3n) is 3.80. The van der Waals surface area contributed by atoms with Gasteiger partial charge in [-0.25, -0.2) is 13.1 Å². The topological polar surface area (TPSA) is 94.0 Å². The Labute approximate surface area is 151 Å². The molecule has 2 heterocycles. The number of rotatable bonds is 7. The van der Waals surface area contributed by atoms with Crippen molar-refractivity contribution in [2.45, 2.75) is 18.4 Å². The maximum absolute atomic E-state index is 12.4. The second kappa shape index (κ2) is 7.59. The maximum atomic E-state index is 12.4. The van der Waals surface area contributed by atoms with Gasteiger partial charge in [-0.3, -0.25) is 14.5 Å². The molecule has 3 aromatic rings. The van der Waals surface area contributed by atoms with Gasteiger partial charge >= 0.3 is 0 Å². The quantitative estimate of drug-likeness (QED) is 0.643. The Morgan fingerprint density at radius 1 is 1.15 bits per heavy atom. The van der Waals surface area contributed by atoms with E-state index in [1.807, 2.05) is 18.2 Å². The zero-order valence-electron chi connectivity index (χ0n) is 14.2. The minimum absolute atomic E-state index is 0.0724. The van der Waals surface area contributed by atoms with Crippen molar-refractivity contribution in [3.05, 3.63) is 66.6 Å². The number of nitrogens with zero attached hydrogens (tertiary/aromatic N) is 3. The van der Waals surface area contributed by atoms with Crippen molar-refractivity contribution in [2.24, 2.45) is 0 Å². The highest BCUT2D eigenvalue weighted by molar-refractivity contribution is 7.89. The number of aromatic nitrogens is 3. The first-order chi connectivity index (χ1) is 12.5. The van der Waals surface area contributed by atoms with Gasteiger partial charge in [0, 0.05) is 36.3 Å². The van der Waals surface area contributed by atoms with E-state index >= 15 is 0 Å². The molecule has 26 heavy (non-hydrogen) atoms. The van der Waals surface area contributed by atoms with Gasteiger partial charge in [-0.1, -0.05) is 12.1 Å². The molecule has 8 heteroatoms. The molecule has 0 saturated carbocycles. The molecule has 134 valence electrons. The SMILES string of the molecule is CC(=O)c1cccc(S(=O)(=O)NCCn2ccc(-c3ccncc3)n2)c1. The van der Waals surface area contributed by atoms with Crippen LogP contribution in [-0.4, -0.2) is 35.5 Å². The van der Waals surface area contributed by atoms with Crippen molar-refractivity contribution in [3.63, 3.8) is 0 Å². The molecule has 3 rings (SSSR count). The molecule has 0 aliphatic carbocycles. The molecular weight excluding hydrogens is 352 g/mol. The van der Waals surface area contributed by atoms with E-state index in [1.54, 1.807) is 35.4 Å². The van der Waals surface area contributed by atoms with Crippen molar-refractivity contribution >= 4 is 15.8 Å². The summed E-state index contributed by atoms with van der Waals surface area (Å²) in [6, 6.07) is 11.6. The van der Waals surface area contributed by atoms with Gasteiger partial charge in [-0.15, -0.1) is 0 Å². The molecule has 1 aromatic carbocycles. The van der Waals surface area contributed by atoms with Crippen LogP contribution in [0.5, 0.6) is 0 Å². The Morgan fingerprint density at radius 3 is 2.65 bits per heavy atom. The lowest BCUT2D eigenvalue weighted by Gasteiger charge is -2.08. The lowest BCUT2D eigenvalue weighted by molar-refractivity contribution is 0.101. The summed E-state index contributed by atoms with van der Waals surface area (Å²) in [6.07, 6.45) is 5.18. The van der Waals surface area contributed by atoms with Crippen molar-refractivity contribution in [3.8, 4) is 11.3 Å². The first-order valence-corrected chi connectivity index (χ1v) is 9.48. The van der Waals surface area contributed by atoms with E-state index in [0.29, 0.717) is 12.1 Å². The Kier molecular flexibility index (Phi) is 5.24. The number of nitrogens with one attached hydrogen (secondary N) is 1. The third kappa shape index (κ3) is 4.22. The number of hydrogen-bond donors (Lipinski definition) is 1. The highest BCUT2D eigenvalue weighted by Crippen LogP contribution is 2.15. The zero-order chi connectivity index (χ0) is 18.6. The normalized spacial score (nSPS) is 11.4. The predicted octanol–water partition coefficient (Wildman–Crippen LogP) is 2.13. The van der Waals surface area contributed by atoms with Crippen LogP contribution in [0.25, 0.3) is 11.3 Å². The van der Waals surface area contributed by atoms with Crippen LogP contribution in [0.3, 0.4) is 0 Å². The molecular formula is C18H18N4O3S. The molecule has 0 spiro atoms. The van der Waals surface area contributed by atoms with Gasteiger partial charge in [0.05, 0.1) is 17.1 Å². The second-order valence-electron chi connectivity index (χ2n) is 5.68. The number of Topliss-reactive ketones (excluding diaryl/α,β-unsaturated/α-hetero) is 1. The Bertz CT molecular complexity index is 1010. The van der Waals surface area contributed by atoms with Crippen LogP contribution in [0, 0.1) is 0 Å². The number of hydrogen-bond acceptors (Lipinski definition) is 5. The van der Waals surface area contributed by atoms with Gasteiger partial charge < -0.3 is 0 Å². The summed E-state index contributed by atoms with van der Waals surface area (Å²) < 4.78 is 28.9. The van der Waals surface area contributed by atoms with Crippen LogP contribution in [0.1, 0.15) is 17.3 Å². The fourth-order valence-electron chi connectivity index (χ4n) is 2.42. The molecule has 1 N–H and O–H groups in total. The fraction of sp³-hybridized carbons (Fsp3) is 0.167. The first-order valence-electron chi connectivity index (χ1n) is 8.00. The van der Waals surface area contributed by atoms with E-state index in [0.717, 1.165) is 11.3 Å². The third-order valence-corrected chi connectivity index (χ3v) is 5.26. The Hall–Kier alpha value is -2.84. The van der Waals surface area contributed by atoms with Crippen molar-refractivity contribution in [1.29, 1.82) is 0 Å². The lowest BCUT2D eigenvalue weighted by Crippen LogP contribution is -2.27. The van der Waals surface area contributed by atoms with E-state index in [2.05, 4.69) is 14.8 Å². The van der Waals surface area contributed by atoms with E-state index in [1.165, 1.54) is 19.1 Å². The zero-order valence-corrected chi connectivity index (χ0v) is 15.0. The summed E-state index contributed by atoms with van der Waals surface area (Å²) in [4.78, 5) is 15.5. The van der Waals surface area contributed by atoms with Crippen molar-refractivity contribution in [2.75, 3.05) is 6.54 Å². The first kappa shape index (κ1) is 18.0. The second-order valence-corrected chi connectivity index (χ2v) is 7.45. The summed E-state index contributed by atoms with van der Waals surface area (Å²) in [5.74, 6) is -0.178. The number of pyridine rings is 1. The van der Waals surface area contributed by atoms with Crippen LogP contribution in [0.4, 0.5) is 0 Å². The van der Waals surface area contributed by atoms with E-state index < -0.39 is 10.0 Å². The van der Waals surface area contributed by atoms with Crippen LogP contribution >= 0.6 is 0 Å². The van der Waals surface area contributed by atoms with Crippen molar-refractivity contribution < 1.29 is 13.2 Å². The Morgan fingerprint density at radius 2 is 1.92 bits per heavy atom. The molecule has 0 atom stereocenters. The molecule has 0 amide bonds. The lowest BCUT2D eigenvalue weighted by atomic mass is 10.2. The monoisotopic (exact) mass is 370 g/mol. The molecule has 7 nitrogen and oxygen atoms in total. The molecule has 2 aromatic heterocycles. The standard InChI is InChI=1S/C18H18N4O3S/c1-14(23)16-3-2-4-17(13-16)26(24,25)20-10-12-22-11-7-18(21-22)15-5-8-19-9-6-15/h2-9,11,13,20H,10,12H2,1H3. The van der Waals surface area contributed by atoms with Gasteiger partial charge in [-0.2, -0.15) is 5.10 Å². The summed E-state index contributed by atoms with van der Waals surface area (Å²) in [5.41, 5.74) is 2.10. The predicted molar refractivity (Wildman–Crippen MR) is 97.1 cm³/mol. The number of ketones is 1. The molecule has 0 fully saturated rings. The highest BCUT2D eigenvalue weighted by Gasteiger charge is 2.15. The number of sulfonamides is 1. The summed E-state index contributed by atoms with van der Waals surface area (Å²) >= 11 is 0. The van der Waals surface area contributed by atoms with E-state index in [9.17, 15) is 13.2 Å². The minimum atomic E-state index is -3.68. The van der Waals surface area contributed by atoms with Crippen LogP contribution in [-0.2, 0) is 16.6 Å². The van der Waals surface area contributed by atoms with Gasteiger partial charge in [0.15, 0.2) is 5.78 Å². The minimum Gasteiger partial charge on any atom is -0.295 e.